The number of ether oxygens (including phenoxy) is 1. The van der Waals surface area contributed by atoms with Crippen LogP contribution in [0.5, 0.6) is 0 Å². The van der Waals surface area contributed by atoms with E-state index in [1.165, 1.54) is 5.56 Å². The fourth-order valence-electron chi connectivity index (χ4n) is 3.16. The number of hydrogen-bond acceptors (Lipinski definition) is 6. The number of aryl methyl sites for hydroxylation is 2. The lowest BCUT2D eigenvalue weighted by molar-refractivity contribution is 0.0983. The standard InChI is InChI=1S/C15H17BrN2O3S.C5H8N2/c1-17-13-2-5-18-14-9-12(16)15(8-11(13)14)22(19,20)10-3-6-21-7-4-10;1-4-3-6-7-5(4)2/h2,5,8-10H,3-4,6-7H2,1H3,(H,17,18);3H,1-2H3,(H,6,7). The van der Waals surface area contributed by atoms with Gasteiger partial charge in [0.1, 0.15) is 0 Å². The number of H-pyrrole nitrogens is 1. The van der Waals surface area contributed by atoms with Crippen LogP contribution < -0.4 is 5.32 Å². The lowest BCUT2D eigenvalue weighted by Gasteiger charge is -2.23. The van der Waals surface area contributed by atoms with Crippen LogP contribution in [0.25, 0.3) is 10.9 Å². The summed E-state index contributed by atoms with van der Waals surface area (Å²) in [6.45, 7) is 5.03. The van der Waals surface area contributed by atoms with Gasteiger partial charge in [0.15, 0.2) is 9.84 Å². The zero-order valence-electron chi connectivity index (χ0n) is 16.7. The number of anilines is 1. The van der Waals surface area contributed by atoms with Crippen LogP contribution in [0.2, 0.25) is 0 Å². The van der Waals surface area contributed by atoms with E-state index in [4.69, 9.17) is 4.74 Å². The van der Waals surface area contributed by atoms with Gasteiger partial charge in [0.05, 0.1) is 21.9 Å². The Hall–Kier alpha value is -1.97. The third-order valence-electron chi connectivity index (χ3n) is 5.06. The number of nitrogens with zero attached hydrogens (tertiary/aromatic N) is 2. The van der Waals surface area contributed by atoms with Crippen molar-refractivity contribution in [1.29, 1.82) is 0 Å². The van der Waals surface area contributed by atoms with Gasteiger partial charge < -0.3 is 10.1 Å². The smallest absolute Gasteiger partial charge is 0.182 e. The lowest BCUT2D eigenvalue weighted by Crippen LogP contribution is -2.29. The summed E-state index contributed by atoms with van der Waals surface area (Å²) in [4.78, 5) is 4.63. The molecule has 1 aliphatic heterocycles. The molecule has 9 heteroatoms. The fraction of sp³-hybridized carbons (Fsp3) is 0.400. The van der Waals surface area contributed by atoms with Crippen molar-refractivity contribution in [3.63, 3.8) is 0 Å². The van der Waals surface area contributed by atoms with E-state index in [2.05, 4.69) is 36.4 Å². The Morgan fingerprint density at radius 2 is 1.97 bits per heavy atom. The number of halogens is 1. The fourth-order valence-corrected chi connectivity index (χ4v) is 5.95. The van der Waals surface area contributed by atoms with Crippen molar-refractivity contribution in [3.05, 3.63) is 46.3 Å². The highest BCUT2D eigenvalue weighted by Gasteiger charge is 2.31. The zero-order chi connectivity index (χ0) is 21.0. The van der Waals surface area contributed by atoms with E-state index in [9.17, 15) is 8.42 Å². The summed E-state index contributed by atoms with van der Waals surface area (Å²) < 4.78 is 31.7. The van der Waals surface area contributed by atoms with Crippen LogP contribution in [0.4, 0.5) is 5.69 Å². The van der Waals surface area contributed by atoms with Gasteiger partial charge in [0.25, 0.3) is 0 Å². The maximum atomic E-state index is 12.9. The van der Waals surface area contributed by atoms with Crippen molar-refractivity contribution >= 4 is 42.4 Å². The molecule has 1 aliphatic rings. The minimum absolute atomic E-state index is 0.330. The van der Waals surface area contributed by atoms with Crippen molar-refractivity contribution in [3.8, 4) is 0 Å². The molecule has 0 atom stereocenters. The molecule has 0 unspecified atom stereocenters. The zero-order valence-corrected chi connectivity index (χ0v) is 19.1. The lowest BCUT2D eigenvalue weighted by atomic mass is 10.2. The molecule has 29 heavy (non-hydrogen) atoms. The maximum absolute atomic E-state index is 12.9. The molecule has 0 bridgehead atoms. The van der Waals surface area contributed by atoms with Crippen molar-refractivity contribution in [2.45, 2.75) is 36.8 Å². The van der Waals surface area contributed by atoms with Gasteiger partial charge in [-0.2, -0.15) is 5.10 Å². The Kier molecular flexibility index (Phi) is 6.92. The number of aromatic amines is 1. The van der Waals surface area contributed by atoms with Crippen LogP contribution in [0.15, 0.2) is 40.0 Å². The molecule has 0 saturated carbocycles. The summed E-state index contributed by atoms with van der Waals surface area (Å²) in [6, 6.07) is 5.31. The van der Waals surface area contributed by atoms with Crippen LogP contribution in [0.3, 0.4) is 0 Å². The highest BCUT2D eigenvalue weighted by molar-refractivity contribution is 9.10. The van der Waals surface area contributed by atoms with Gasteiger partial charge in [-0.15, -0.1) is 0 Å². The summed E-state index contributed by atoms with van der Waals surface area (Å²) in [7, 11) is -1.58. The second-order valence-corrected chi connectivity index (χ2v) is 9.99. The molecule has 4 rings (SSSR count). The molecular formula is C20H25BrN4O3S. The van der Waals surface area contributed by atoms with Gasteiger partial charge in [-0.1, -0.05) is 0 Å². The minimum Gasteiger partial charge on any atom is -0.388 e. The summed E-state index contributed by atoms with van der Waals surface area (Å²) in [5.74, 6) is 0. The first-order valence-electron chi connectivity index (χ1n) is 9.38. The van der Waals surface area contributed by atoms with E-state index < -0.39 is 9.84 Å². The molecule has 156 valence electrons. The first-order valence-corrected chi connectivity index (χ1v) is 11.7. The molecule has 1 aromatic carbocycles. The number of hydrogen-bond donors (Lipinski definition) is 2. The molecule has 0 aliphatic carbocycles. The Labute approximate surface area is 179 Å². The number of aromatic nitrogens is 3. The molecule has 2 N–H and O–H groups in total. The van der Waals surface area contributed by atoms with Gasteiger partial charge in [0.2, 0.25) is 0 Å². The molecule has 7 nitrogen and oxygen atoms in total. The molecule has 3 heterocycles. The first-order chi connectivity index (χ1) is 13.8. The van der Waals surface area contributed by atoms with E-state index in [1.54, 1.807) is 18.3 Å². The van der Waals surface area contributed by atoms with Gasteiger partial charge in [0, 0.05) is 47.7 Å². The van der Waals surface area contributed by atoms with Crippen LogP contribution in [-0.4, -0.2) is 49.1 Å². The molecule has 0 spiro atoms. The highest BCUT2D eigenvalue weighted by atomic mass is 79.9. The SMILES string of the molecule is CNc1ccnc2cc(Br)c(S(=O)(=O)C3CCOCC3)cc12.Cc1cn[nH]c1C. The van der Waals surface area contributed by atoms with Crippen LogP contribution >= 0.6 is 15.9 Å². The molecule has 3 aromatic rings. The van der Waals surface area contributed by atoms with Gasteiger partial charge in [-0.3, -0.25) is 10.1 Å². The maximum Gasteiger partial charge on any atom is 0.182 e. The third-order valence-corrected chi connectivity index (χ3v) is 8.28. The molecular weight excluding hydrogens is 456 g/mol. The number of pyridine rings is 1. The second kappa shape index (κ2) is 9.23. The molecule has 0 radical (unpaired) electrons. The molecule has 1 fully saturated rings. The van der Waals surface area contributed by atoms with Gasteiger partial charge in [-0.25, -0.2) is 8.42 Å². The van der Waals surface area contributed by atoms with Crippen LogP contribution in [0, 0.1) is 13.8 Å². The Bertz CT molecular complexity index is 1080. The number of fused-ring (bicyclic) bond motifs is 1. The van der Waals surface area contributed by atoms with E-state index in [0.29, 0.717) is 35.4 Å². The Morgan fingerprint density at radius 1 is 1.24 bits per heavy atom. The van der Waals surface area contributed by atoms with Gasteiger partial charge in [-0.05, 0) is 66.4 Å². The minimum atomic E-state index is -3.39. The number of rotatable bonds is 3. The van der Waals surface area contributed by atoms with E-state index in [0.717, 1.165) is 22.3 Å². The van der Waals surface area contributed by atoms with Crippen LogP contribution in [-0.2, 0) is 14.6 Å². The third kappa shape index (κ3) is 4.79. The quantitative estimate of drug-likeness (QED) is 0.587. The summed E-state index contributed by atoms with van der Waals surface area (Å²) in [6.07, 6.45) is 4.60. The second-order valence-electron chi connectivity index (χ2n) is 6.94. The largest absolute Gasteiger partial charge is 0.388 e. The molecule has 1 saturated heterocycles. The predicted octanol–water partition coefficient (Wildman–Crippen LogP) is 4.02. The summed E-state index contributed by atoms with van der Waals surface area (Å²) in [5.41, 5.74) is 3.99. The topological polar surface area (TPSA) is 97.0 Å². The summed E-state index contributed by atoms with van der Waals surface area (Å²) in [5, 5.41) is 10.1. The predicted molar refractivity (Wildman–Crippen MR) is 118 cm³/mol. The molecule has 2 aromatic heterocycles. The monoisotopic (exact) mass is 480 g/mol. The average Bonchev–Trinajstić information content (AvgIpc) is 3.10. The Balaban J connectivity index is 0.000000290. The van der Waals surface area contributed by atoms with Crippen LogP contribution in [0.1, 0.15) is 24.1 Å². The highest BCUT2D eigenvalue weighted by Crippen LogP contribution is 2.34. The van der Waals surface area contributed by atoms with Crippen molar-refractivity contribution < 1.29 is 13.2 Å². The van der Waals surface area contributed by atoms with E-state index in [1.807, 2.05) is 33.2 Å². The molecule has 0 amide bonds. The Morgan fingerprint density at radius 3 is 2.52 bits per heavy atom. The average molecular weight is 481 g/mol. The normalized spacial score (nSPS) is 15.0. The van der Waals surface area contributed by atoms with Crippen molar-refractivity contribution in [2.24, 2.45) is 0 Å². The van der Waals surface area contributed by atoms with Gasteiger partial charge >= 0.3 is 0 Å². The number of nitrogens with one attached hydrogen (secondary N) is 2. The first kappa shape index (κ1) is 21.7. The summed E-state index contributed by atoms with van der Waals surface area (Å²) >= 11 is 3.40. The van der Waals surface area contributed by atoms with E-state index >= 15 is 0 Å². The van der Waals surface area contributed by atoms with Crippen molar-refractivity contribution in [2.75, 3.05) is 25.6 Å². The number of sulfone groups is 1. The number of benzene rings is 1. The van der Waals surface area contributed by atoms with Crippen molar-refractivity contribution in [1.82, 2.24) is 15.2 Å². The van der Waals surface area contributed by atoms with E-state index in [-0.39, 0.29) is 5.25 Å².